The summed E-state index contributed by atoms with van der Waals surface area (Å²) in [6.45, 7) is 1.61. The van der Waals surface area contributed by atoms with Crippen molar-refractivity contribution in [2.24, 2.45) is 0 Å². The molecule has 1 aromatic heterocycles. The van der Waals surface area contributed by atoms with Gasteiger partial charge in [-0.15, -0.1) is 0 Å². The largest absolute Gasteiger partial charge is 0.395 e. The number of likely N-dealkylation sites (tertiary alicyclic amines) is 1. The Morgan fingerprint density at radius 2 is 2.29 bits per heavy atom. The number of benzene rings is 1. The number of hydrogen-bond donors (Lipinski definition) is 2. The molecule has 5 nitrogen and oxygen atoms in total. The van der Waals surface area contributed by atoms with Crippen LogP contribution in [0, 0.1) is 0 Å². The van der Waals surface area contributed by atoms with Crippen LogP contribution in [0.1, 0.15) is 25.1 Å². The Morgan fingerprint density at radius 3 is 3.10 bits per heavy atom. The van der Waals surface area contributed by atoms with Crippen LogP contribution >= 0.6 is 11.6 Å². The van der Waals surface area contributed by atoms with E-state index in [0.717, 1.165) is 25.8 Å². The minimum atomic E-state index is -0.149. The summed E-state index contributed by atoms with van der Waals surface area (Å²) in [6.07, 6.45) is 3.24. The number of hydrogen-bond acceptors (Lipinski definition) is 4. The molecule has 112 valence electrons. The normalized spacial score (nSPS) is 20.0. The average molecular weight is 308 g/mol. The van der Waals surface area contributed by atoms with Crippen molar-refractivity contribution in [3.63, 3.8) is 0 Å². The highest BCUT2D eigenvalue weighted by molar-refractivity contribution is 6.31. The first-order chi connectivity index (χ1) is 10.2. The predicted molar refractivity (Wildman–Crippen MR) is 82.5 cm³/mol. The Labute approximate surface area is 127 Å². The Morgan fingerprint density at radius 1 is 1.43 bits per heavy atom. The van der Waals surface area contributed by atoms with Crippen LogP contribution in [0.5, 0.6) is 0 Å². The number of nitrogens with zero attached hydrogens (tertiary/aromatic N) is 2. The third-order valence-corrected chi connectivity index (χ3v) is 4.27. The maximum absolute atomic E-state index is 12.1. The second-order valence-corrected chi connectivity index (χ2v) is 5.91. The molecule has 0 bridgehead atoms. The highest BCUT2D eigenvalue weighted by atomic mass is 35.5. The molecule has 21 heavy (non-hydrogen) atoms. The maximum atomic E-state index is 12.1. The smallest absolute Gasteiger partial charge is 0.258 e. The van der Waals surface area contributed by atoms with Crippen LogP contribution in [0.15, 0.2) is 23.0 Å². The number of rotatable bonds is 3. The van der Waals surface area contributed by atoms with Crippen LogP contribution in [-0.4, -0.2) is 39.2 Å². The van der Waals surface area contributed by atoms with Crippen LogP contribution in [-0.2, 0) is 6.54 Å². The first-order valence-electron chi connectivity index (χ1n) is 7.21. The van der Waals surface area contributed by atoms with E-state index < -0.39 is 0 Å². The number of fused-ring (bicyclic) bond motifs is 1. The van der Waals surface area contributed by atoms with Crippen LogP contribution in [0.2, 0.25) is 5.02 Å². The third-order valence-electron chi connectivity index (χ3n) is 4.03. The fraction of sp³-hybridized carbons (Fsp3) is 0.467. The van der Waals surface area contributed by atoms with Gasteiger partial charge in [0.1, 0.15) is 5.82 Å². The quantitative estimate of drug-likeness (QED) is 0.909. The summed E-state index contributed by atoms with van der Waals surface area (Å²) < 4.78 is 0. The van der Waals surface area contributed by atoms with Gasteiger partial charge >= 0.3 is 0 Å². The van der Waals surface area contributed by atoms with Gasteiger partial charge in [-0.25, -0.2) is 4.98 Å². The van der Waals surface area contributed by atoms with Crippen LogP contribution in [0.3, 0.4) is 0 Å². The van der Waals surface area contributed by atoms with Gasteiger partial charge in [0.25, 0.3) is 5.56 Å². The molecule has 3 rings (SSSR count). The van der Waals surface area contributed by atoms with Gasteiger partial charge in [0.15, 0.2) is 0 Å². The SMILES string of the molecule is O=c1[nH]c(CN2CCCCC2CO)nc2cc(Cl)ccc12. The second-order valence-electron chi connectivity index (χ2n) is 5.48. The van der Waals surface area contributed by atoms with Crippen LogP contribution in [0.4, 0.5) is 0 Å². The van der Waals surface area contributed by atoms with Crippen molar-refractivity contribution >= 4 is 22.5 Å². The summed E-state index contributed by atoms with van der Waals surface area (Å²) in [7, 11) is 0. The fourth-order valence-electron chi connectivity index (χ4n) is 2.90. The van der Waals surface area contributed by atoms with Crippen LogP contribution < -0.4 is 5.56 Å². The molecule has 1 unspecified atom stereocenters. The lowest BCUT2D eigenvalue weighted by atomic mass is 10.0. The van der Waals surface area contributed by atoms with E-state index in [4.69, 9.17) is 11.6 Å². The number of aliphatic hydroxyl groups excluding tert-OH is 1. The number of aromatic nitrogens is 2. The Balaban J connectivity index is 1.91. The lowest BCUT2D eigenvalue weighted by Crippen LogP contribution is -2.41. The molecule has 0 amide bonds. The molecule has 0 radical (unpaired) electrons. The van der Waals surface area contributed by atoms with Gasteiger partial charge in [0.2, 0.25) is 0 Å². The molecule has 2 N–H and O–H groups in total. The second kappa shape index (κ2) is 6.13. The molecule has 2 heterocycles. The number of nitrogens with one attached hydrogen (secondary N) is 1. The number of halogens is 1. The lowest BCUT2D eigenvalue weighted by molar-refractivity contribution is 0.0819. The molecule has 1 fully saturated rings. The third kappa shape index (κ3) is 3.10. The zero-order valence-electron chi connectivity index (χ0n) is 11.7. The Kier molecular flexibility index (Phi) is 4.24. The van der Waals surface area contributed by atoms with E-state index in [1.54, 1.807) is 18.2 Å². The maximum Gasteiger partial charge on any atom is 0.258 e. The number of H-pyrrole nitrogens is 1. The molecule has 0 spiro atoms. The Hall–Kier alpha value is -1.43. The van der Waals surface area contributed by atoms with Gasteiger partial charge in [0, 0.05) is 11.1 Å². The predicted octanol–water partition coefficient (Wildman–Crippen LogP) is 1.92. The van der Waals surface area contributed by atoms with Crippen molar-refractivity contribution in [1.29, 1.82) is 0 Å². The summed E-state index contributed by atoms with van der Waals surface area (Å²) in [5.41, 5.74) is 0.461. The van der Waals surface area contributed by atoms with Crippen molar-refractivity contribution in [3.8, 4) is 0 Å². The highest BCUT2D eigenvalue weighted by Crippen LogP contribution is 2.19. The van der Waals surface area contributed by atoms with Crippen molar-refractivity contribution in [3.05, 3.63) is 39.4 Å². The number of aliphatic hydroxyl groups is 1. The molecular weight excluding hydrogens is 290 g/mol. The topological polar surface area (TPSA) is 69.2 Å². The van der Waals surface area contributed by atoms with E-state index in [1.165, 1.54) is 0 Å². The van der Waals surface area contributed by atoms with E-state index in [-0.39, 0.29) is 18.2 Å². The van der Waals surface area contributed by atoms with E-state index in [9.17, 15) is 9.90 Å². The number of aromatic amines is 1. The van der Waals surface area contributed by atoms with E-state index in [2.05, 4.69) is 14.9 Å². The molecule has 0 aliphatic carbocycles. The van der Waals surface area contributed by atoms with Crippen molar-refractivity contribution in [2.75, 3.05) is 13.2 Å². The molecule has 0 saturated carbocycles. The fourth-order valence-corrected chi connectivity index (χ4v) is 3.07. The summed E-state index contributed by atoms with van der Waals surface area (Å²) in [6, 6.07) is 5.23. The molecule has 1 atom stereocenters. The van der Waals surface area contributed by atoms with Crippen LogP contribution in [0.25, 0.3) is 10.9 Å². The van der Waals surface area contributed by atoms with Crippen molar-refractivity contribution in [2.45, 2.75) is 31.8 Å². The first-order valence-corrected chi connectivity index (χ1v) is 7.58. The molecule has 6 heteroatoms. The first kappa shape index (κ1) is 14.5. The molecule has 1 aromatic carbocycles. The van der Waals surface area contributed by atoms with Gasteiger partial charge in [0.05, 0.1) is 24.1 Å². The summed E-state index contributed by atoms with van der Waals surface area (Å²) in [4.78, 5) is 21.6. The van der Waals surface area contributed by atoms with E-state index >= 15 is 0 Å². The summed E-state index contributed by atoms with van der Waals surface area (Å²) >= 11 is 5.97. The summed E-state index contributed by atoms with van der Waals surface area (Å²) in [5.74, 6) is 0.620. The van der Waals surface area contributed by atoms with Crippen molar-refractivity contribution in [1.82, 2.24) is 14.9 Å². The standard InChI is InChI=1S/C15H18ClN3O2/c16-10-4-5-12-13(7-10)17-14(18-15(12)21)8-19-6-2-1-3-11(19)9-20/h4-5,7,11,20H,1-3,6,8-9H2,(H,17,18,21). The molecule has 2 aromatic rings. The zero-order valence-corrected chi connectivity index (χ0v) is 12.4. The van der Waals surface area contributed by atoms with Gasteiger partial charge in [-0.05, 0) is 37.6 Å². The molecule has 1 aliphatic rings. The lowest BCUT2D eigenvalue weighted by Gasteiger charge is -2.34. The molecular formula is C15H18ClN3O2. The van der Waals surface area contributed by atoms with Gasteiger partial charge in [-0.3, -0.25) is 9.69 Å². The summed E-state index contributed by atoms with van der Waals surface area (Å²) in [5, 5.41) is 10.6. The molecule has 1 saturated heterocycles. The van der Waals surface area contributed by atoms with E-state index in [0.29, 0.717) is 28.3 Å². The van der Waals surface area contributed by atoms with Gasteiger partial charge in [-0.2, -0.15) is 0 Å². The van der Waals surface area contributed by atoms with Crippen molar-refractivity contribution < 1.29 is 5.11 Å². The van der Waals surface area contributed by atoms with Gasteiger partial charge in [-0.1, -0.05) is 18.0 Å². The minimum Gasteiger partial charge on any atom is -0.395 e. The monoisotopic (exact) mass is 307 g/mol. The zero-order chi connectivity index (χ0) is 14.8. The minimum absolute atomic E-state index is 0.143. The highest BCUT2D eigenvalue weighted by Gasteiger charge is 2.22. The van der Waals surface area contributed by atoms with Gasteiger partial charge < -0.3 is 10.1 Å². The van der Waals surface area contributed by atoms with E-state index in [1.807, 2.05) is 0 Å². The number of piperidine rings is 1. The average Bonchev–Trinajstić information content (AvgIpc) is 2.47. The Bertz CT molecular complexity index is 701. The molecule has 1 aliphatic heterocycles.